The summed E-state index contributed by atoms with van der Waals surface area (Å²) in [7, 11) is 1.60. The summed E-state index contributed by atoms with van der Waals surface area (Å²) in [5.74, 6) is -0.619. The Morgan fingerprint density at radius 1 is 1.79 bits per heavy atom. The number of aromatic nitrogens is 2. The van der Waals surface area contributed by atoms with Gasteiger partial charge in [-0.3, -0.25) is 9.48 Å². The molecule has 1 amide bonds. The van der Waals surface area contributed by atoms with Crippen LogP contribution in [0.15, 0.2) is 6.20 Å². The summed E-state index contributed by atoms with van der Waals surface area (Å²) in [6.07, 6.45) is 1.57. The summed E-state index contributed by atoms with van der Waals surface area (Å²) >= 11 is 0. The number of nitrogens with zero attached hydrogens (tertiary/aromatic N) is 2. The lowest BCUT2D eigenvalue weighted by Crippen LogP contribution is -2.17. The molecule has 4 N–H and O–H groups in total. The summed E-state index contributed by atoms with van der Waals surface area (Å²) in [6, 6.07) is 0. The number of primary amides is 1. The monoisotopic (exact) mass is 198 g/mol. The molecule has 0 aliphatic heterocycles. The Hall–Kier alpha value is -1.56. The highest BCUT2D eigenvalue weighted by Crippen LogP contribution is 2.08. The molecule has 6 heteroatoms. The van der Waals surface area contributed by atoms with E-state index in [9.17, 15) is 4.79 Å². The lowest BCUT2D eigenvalue weighted by atomic mass is 10.4. The Bertz CT molecular complexity index is 334. The van der Waals surface area contributed by atoms with Crippen molar-refractivity contribution in [2.24, 2.45) is 5.73 Å². The fourth-order valence-corrected chi connectivity index (χ4v) is 1.06. The van der Waals surface area contributed by atoms with Gasteiger partial charge in [0.05, 0.1) is 18.3 Å². The zero-order valence-corrected chi connectivity index (χ0v) is 8.23. The molecule has 1 rings (SSSR count). The predicted molar refractivity (Wildman–Crippen MR) is 51.6 cm³/mol. The van der Waals surface area contributed by atoms with Crippen molar-refractivity contribution in [1.29, 1.82) is 0 Å². The van der Waals surface area contributed by atoms with Gasteiger partial charge in [0, 0.05) is 13.3 Å². The SMILES string of the molecule is COC(C)Cn1cc(N)c(C(N)=O)n1. The van der Waals surface area contributed by atoms with Gasteiger partial charge < -0.3 is 16.2 Å². The minimum Gasteiger partial charge on any atom is -0.396 e. The number of carbonyl (C=O) groups is 1. The fourth-order valence-electron chi connectivity index (χ4n) is 1.06. The molecule has 6 nitrogen and oxygen atoms in total. The first-order valence-electron chi connectivity index (χ1n) is 4.20. The molecule has 0 aliphatic rings. The van der Waals surface area contributed by atoms with Crippen LogP contribution in [0.3, 0.4) is 0 Å². The van der Waals surface area contributed by atoms with E-state index in [1.807, 2.05) is 6.92 Å². The van der Waals surface area contributed by atoms with Crippen molar-refractivity contribution in [1.82, 2.24) is 9.78 Å². The van der Waals surface area contributed by atoms with Gasteiger partial charge in [0.2, 0.25) is 0 Å². The van der Waals surface area contributed by atoms with Crippen LogP contribution in [0.4, 0.5) is 5.69 Å². The second-order valence-electron chi connectivity index (χ2n) is 3.07. The molecular formula is C8H14N4O2. The Kier molecular flexibility index (Phi) is 3.08. The number of rotatable bonds is 4. The predicted octanol–water partition coefficient (Wildman–Crippen LogP) is -0.401. The minimum absolute atomic E-state index is 0.00928. The summed E-state index contributed by atoms with van der Waals surface area (Å²) in [6.45, 7) is 2.43. The molecule has 0 saturated heterocycles. The lowest BCUT2D eigenvalue weighted by molar-refractivity contribution is 0.0967. The van der Waals surface area contributed by atoms with Gasteiger partial charge in [-0.05, 0) is 6.92 Å². The molecule has 14 heavy (non-hydrogen) atoms. The summed E-state index contributed by atoms with van der Waals surface area (Å²) in [4.78, 5) is 10.8. The van der Waals surface area contributed by atoms with Crippen LogP contribution in [0.2, 0.25) is 0 Å². The molecular weight excluding hydrogens is 184 g/mol. The number of anilines is 1. The van der Waals surface area contributed by atoms with Crippen molar-refractivity contribution in [3.63, 3.8) is 0 Å². The van der Waals surface area contributed by atoms with Crippen LogP contribution < -0.4 is 11.5 Å². The molecule has 1 aromatic rings. The lowest BCUT2D eigenvalue weighted by Gasteiger charge is -2.08. The normalized spacial score (nSPS) is 12.7. The summed E-state index contributed by atoms with van der Waals surface area (Å²) in [5, 5.41) is 3.93. The third-order valence-electron chi connectivity index (χ3n) is 1.87. The van der Waals surface area contributed by atoms with Crippen molar-refractivity contribution >= 4 is 11.6 Å². The largest absolute Gasteiger partial charge is 0.396 e. The average molecular weight is 198 g/mol. The third kappa shape index (κ3) is 2.23. The molecule has 1 aromatic heterocycles. The quantitative estimate of drug-likeness (QED) is 0.688. The first kappa shape index (κ1) is 10.5. The molecule has 78 valence electrons. The molecule has 1 atom stereocenters. The van der Waals surface area contributed by atoms with E-state index in [0.29, 0.717) is 12.2 Å². The van der Waals surface area contributed by atoms with E-state index in [1.54, 1.807) is 18.0 Å². The van der Waals surface area contributed by atoms with E-state index in [2.05, 4.69) is 5.10 Å². The highest BCUT2D eigenvalue weighted by molar-refractivity contribution is 5.95. The number of nitrogens with two attached hydrogens (primary N) is 2. The van der Waals surface area contributed by atoms with Crippen molar-refractivity contribution in [2.45, 2.75) is 19.6 Å². The number of ether oxygens (including phenoxy) is 1. The highest BCUT2D eigenvalue weighted by atomic mass is 16.5. The van der Waals surface area contributed by atoms with E-state index < -0.39 is 5.91 Å². The molecule has 0 aliphatic carbocycles. The number of hydrogen-bond acceptors (Lipinski definition) is 4. The molecule has 0 fully saturated rings. The van der Waals surface area contributed by atoms with Crippen LogP contribution in [0.1, 0.15) is 17.4 Å². The number of hydrogen-bond donors (Lipinski definition) is 2. The Morgan fingerprint density at radius 2 is 2.43 bits per heavy atom. The number of nitrogen functional groups attached to an aromatic ring is 1. The van der Waals surface area contributed by atoms with E-state index in [-0.39, 0.29) is 11.8 Å². The number of carbonyl (C=O) groups excluding carboxylic acids is 1. The van der Waals surface area contributed by atoms with Crippen LogP contribution in [0.5, 0.6) is 0 Å². The van der Waals surface area contributed by atoms with Crippen LogP contribution in [-0.4, -0.2) is 28.9 Å². The van der Waals surface area contributed by atoms with Crippen molar-refractivity contribution in [2.75, 3.05) is 12.8 Å². The van der Waals surface area contributed by atoms with Gasteiger partial charge in [-0.15, -0.1) is 0 Å². The standard InChI is InChI=1S/C8H14N4O2/c1-5(14-2)3-12-4-6(9)7(11-12)8(10)13/h4-5H,3,9H2,1-2H3,(H2,10,13). The molecule has 0 radical (unpaired) electrons. The van der Waals surface area contributed by atoms with Gasteiger partial charge >= 0.3 is 0 Å². The van der Waals surface area contributed by atoms with Gasteiger partial charge in [0.25, 0.3) is 5.91 Å². The Balaban J connectivity index is 2.81. The maximum absolute atomic E-state index is 10.8. The number of amides is 1. The molecule has 1 unspecified atom stereocenters. The zero-order valence-electron chi connectivity index (χ0n) is 8.23. The maximum Gasteiger partial charge on any atom is 0.271 e. The second-order valence-corrected chi connectivity index (χ2v) is 3.07. The van der Waals surface area contributed by atoms with E-state index in [4.69, 9.17) is 16.2 Å². The average Bonchev–Trinajstić information content (AvgIpc) is 2.46. The Morgan fingerprint density at radius 3 is 2.86 bits per heavy atom. The molecule has 0 saturated carbocycles. The van der Waals surface area contributed by atoms with Crippen LogP contribution in [0, 0.1) is 0 Å². The van der Waals surface area contributed by atoms with Gasteiger partial charge in [0.15, 0.2) is 5.69 Å². The van der Waals surface area contributed by atoms with Crippen LogP contribution in [-0.2, 0) is 11.3 Å². The van der Waals surface area contributed by atoms with Crippen molar-refractivity contribution < 1.29 is 9.53 Å². The van der Waals surface area contributed by atoms with Gasteiger partial charge in [-0.2, -0.15) is 5.10 Å². The second kappa shape index (κ2) is 4.10. The number of methoxy groups -OCH3 is 1. The molecule has 0 aromatic carbocycles. The third-order valence-corrected chi connectivity index (χ3v) is 1.87. The maximum atomic E-state index is 10.8. The topological polar surface area (TPSA) is 96.2 Å². The summed E-state index contributed by atoms with van der Waals surface area (Å²) in [5.41, 5.74) is 11.0. The van der Waals surface area contributed by atoms with Crippen LogP contribution in [0.25, 0.3) is 0 Å². The highest BCUT2D eigenvalue weighted by Gasteiger charge is 2.12. The molecule has 0 spiro atoms. The van der Waals surface area contributed by atoms with Gasteiger partial charge in [-0.1, -0.05) is 0 Å². The van der Waals surface area contributed by atoms with E-state index in [0.717, 1.165) is 0 Å². The summed E-state index contributed by atoms with van der Waals surface area (Å²) < 4.78 is 6.59. The first-order chi connectivity index (χ1) is 6.54. The van der Waals surface area contributed by atoms with E-state index >= 15 is 0 Å². The van der Waals surface area contributed by atoms with Crippen molar-refractivity contribution in [3.05, 3.63) is 11.9 Å². The van der Waals surface area contributed by atoms with Gasteiger partial charge in [-0.25, -0.2) is 0 Å². The van der Waals surface area contributed by atoms with Gasteiger partial charge in [0.1, 0.15) is 0 Å². The molecule has 0 bridgehead atoms. The minimum atomic E-state index is -0.619. The Labute approximate surface area is 81.8 Å². The fraction of sp³-hybridized carbons (Fsp3) is 0.500. The first-order valence-corrected chi connectivity index (χ1v) is 4.20. The zero-order chi connectivity index (χ0) is 10.7. The smallest absolute Gasteiger partial charge is 0.271 e. The van der Waals surface area contributed by atoms with E-state index in [1.165, 1.54) is 0 Å². The van der Waals surface area contributed by atoms with Crippen LogP contribution >= 0.6 is 0 Å². The van der Waals surface area contributed by atoms with Crippen molar-refractivity contribution in [3.8, 4) is 0 Å². The molecule has 1 heterocycles.